The zero-order valence-electron chi connectivity index (χ0n) is 10.8. The SMILES string of the molecule is [NH]c1c(S(=O)(=O)O)ccc2c(S(=O)(=O)O)cc(S(=O)(=O)O)cc12. The lowest BCUT2D eigenvalue weighted by molar-refractivity contribution is 0.480. The lowest BCUT2D eigenvalue weighted by Crippen LogP contribution is -2.06. The van der Waals surface area contributed by atoms with Crippen LogP contribution in [0.15, 0.2) is 39.0 Å². The molecule has 0 aromatic heterocycles. The summed E-state index contributed by atoms with van der Waals surface area (Å²) in [7, 11) is -14.7. The van der Waals surface area contributed by atoms with Crippen LogP contribution < -0.4 is 5.73 Å². The van der Waals surface area contributed by atoms with Gasteiger partial charge in [0.25, 0.3) is 30.4 Å². The van der Waals surface area contributed by atoms with E-state index in [2.05, 4.69) is 0 Å². The van der Waals surface area contributed by atoms with Crippen molar-refractivity contribution in [3.8, 4) is 0 Å². The maximum absolute atomic E-state index is 11.4. The van der Waals surface area contributed by atoms with Gasteiger partial charge in [0.2, 0.25) is 0 Å². The van der Waals surface area contributed by atoms with Gasteiger partial charge in [-0.25, -0.2) is 0 Å². The fraction of sp³-hybridized carbons (Fsp3) is 0. The molecule has 0 atom stereocenters. The summed E-state index contributed by atoms with van der Waals surface area (Å²) in [6.07, 6.45) is 0. The summed E-state index contributed by atoms with van der Waals surface area (Å²) in [5, 5.41) is -0.889. The van der Waals surface area contributed by atoms with Crippen LogP contribution in [0.1, 0.15) is 0 Å². The van der Waals surface area contributed by atoms with Crippen LogP contribution in [0.3, 0.4) is 0 Å². The van der Waals surface area contributed by atoms with E-state index in [9.17, 15) is 25.3 Å². The molecule has 0 heterocycles. The summed E-state index contributed by atoms with van der Waals surface area (Å²) in [5.74, 6) is 0. The quantitative estimate of drug-likeness (QED) is 0.635. The van der Waals surface area contributed by atoms with Crippen LogP contribution in [0.4, 0.5) is 5.69 Å². The van der Waals surface area contributed by atoms with Crippen LogP contribution in [0.5, 0.6) is 0 Å². The molecule has 0 spiro atoms. The van der Waals surface area contributed by atoms with Crippen LogP contribution >= 0.6 is 0 Å². The second kappa shape index (κ2) is 5.12. The summed E-state index contributed by atoms with van der Waals surface area (Å²) < 4.78 is 94.7. The minimum Gasteiger partial charge on any atom is -0.299 e. The van der Waals surface area contributed by atoms with Crippen molar-refractivity contribution in [3.63, 3.8) is 0 Å². The number of rotatable bonds is 3. The van der Waals surface area contributed by atoms with Gasteiger partial charge in [-0.05, 0) is 18.2 Å². The molecular formula is C10H8NO9S3. The molecule has 0 bridgehead atoms. The van der Waals surface area contributed by atoms with Crippen LogP contribution in [-0.4, -0.2) is 38.9 Å². The molecule has 2 aromatic rings. The lowest BCUT2D eigenvalue weighted by Gasteiger charge is -2.10. The monoisotopic (exact) mass is 382 g/mol. The molecule has 2 aromatic carbocycles. The normalized spacial score (nSPS) is 13.3. The van der Waals surface area contributed by atoms with Crippen molar-refractivity contribution < 1.29 is 38.9 Å². The lowest BCUT2D eigenvalue weighted by atomic mass is 10.1. The smallest absolute Gasteiger partial charge is 0.296 e. The van der Waals surface area contributed by atoms with E-state index in [-0.39, 0.29) is 5.39 Å². The number of hydrogen-bond acceptors (Lipinski definition) is 6. The van der Waals surface area contributed by atoms with E-state index in [1.54, 1.807) is 0 Å². The van der Waals surface area contributed by atoms with Crippen LogP contribution in [0.25, 0.3) is 10.8 Å². The molecule has 125 valence electrons. The Bertz CT molecular complexity index is 1130. The second-order valence-corrected chi connectivity index (χ2v) is 8.58. The van der Waals surface area contributed by atoms with Crippen molar-refractivity contribution in [1.82, 2.24) is 5.73 Å². The third-order valence-corrected chi connectivity index (χ3v) is 5.51. The highest BCUT2D eigenvalue weighted by atomic mass is 32.2. The van der Waals surface area contributed by atoms with Gasteiger partial charge >= 0.3 is 0 Å². The first-order chi connectivity index (χ1) is 10.2. The molecule has 0 saturated carbocycles. The summed E-state index contributed by atoms with van der Waals surface area (Å²) in [6.45, 7) is 0. The molecular weight excluding hydrogens is 374 g/mol. The maximum Gasteiger partial charge on any atom is 0.296 e. The molecule has 0 aliphatic heterocycles. The Morgan fingerprint density at radius 1 is 0.696 bits per heavy atom. The first kappa shape index (κ1) is 17.6. The third-order valence-electron chi connectivity index (χ3n) is 2.89. The first-order valence-corrected chi connectivity index (χ1v) is 9.80. The highest BCUT2D eigenvalue weighted by Gasteiger charge is 2.24. The van der Waals surface area contributed by atoms with Crippen molar-refractivity contribution in [2.75, 3.05) is 0 Å². The summed E-state index contributed by atoms with van der Waals surface area (Å²) in [5.41, 5.74) is 6.80. The van der Waals surface area contributed by atoms with Gasteiger partial charge < -0.3 is 0 Å². The molecule has 1 radical (unpaired) electrons. The molecule has 0 saturated heterocycles. The third kappa shape index (κ3) is 3.29. The van der Waals surface area contributed by atoms with Crippen molar-refractivity contribution in [2.24, 2.45) is 0 Å². The summed E-state index contributed by atoms with van der Waals surface area (Å²) in [4.78, 5) is -2.82. The fourth-order valence-electron chi connectivity index (χ4n) is 1.93. The van der Waals surface area contributed by atoms with E-state index >= 15 is 0 Å². The van der Waals surface area contributed by atoms with E-state index in [0.29, 0.717) is 12.1 Å². The van der Waals surface area contributed by atoms with Crippen molar-refractivity contribution in [1.29, 1.82) is 0 Å². The van der Waals surface area contributed by atoms with Crippen LogP contribution in [0.2, 0.25) is 0 Å². The molecule has 23 heavy (non-hydrogen) atoms. The number of nitrogens with one attached hydrogen (secondary N) is 1. The zero-order chi connectivity index (χ0) is 17.8. The van der Waals surface area contributed by atoms with Gasteiger partial charge in [-0.2, -0.15) is 25.3 Å². The highest BCUT2D eigenvalue weighted by molar-refractivity contribution is 7.87. The Balaban J connectivity index is 3.13. The molecule has 13 heteroatoms. The van der Waals surface area contributed by atoms with Gasteiger partial charge in [0.1, 0.15) is 9.79 Å². The van der Waals surface area contributed by atoms with Crippen LogP contribution in [-0.2, 0) is 30.4 Å². The van der Waals surface area contributed by atoms with Crippen molar-refractivity contribution in [2.45, 2.75) is 14.7 Å². The average Bonchev–Trinajstić information content (AvgIpc) is 2.34. The number of benzene rings is 2. The largest absolute Gasteiger partial charge is 0.299 e. The Kier molecular flexibility index (Phi) is 3.91. The summed E-state index contributed by atoms with van der Waals surface area (Å²) >= 11 is 0. The average molecular weight is 382 g/mol. The molecule has 0 amide bonds. The molecule has 0 unspecified atom stereocenters. The highest BCUT2D eigenvalue weighted by Crippen LogP contribution is 2.35. The molecule has 0 fully saturated rings. The van der Waals surface area contributed by atoms with Gasteiger partial charge in [0.05, 0.1) is 10.6 Å². The van der Waals surface area contributed by atoms with E-state index in [4.69, 9.17) is 19.4 Å². The molecule has 10 nitrogen and oxygen atoms in total. The Morgan fingerprint density at radius 3 is 1.65 bits per heavy atom. The predicted molar refractivity (Wildman–Crippen MR) is 76.1 cm³/mol. The molecule has 0 aliphatic rings. The van der Waals surface area contributed by atoms with Gasteiger partial charge in [-0.15, -0.1) is 0 Å². The number of fused-ring (bicyclic) bond motifs is 1. The van der Waals surface area contributed by atoms with Crippen LogP contribution in [0, 0.1) is 0 Å². The fourth-order valence-corrected chi connectivity index (χ4v) is 3.88. The number of hydrogen-bond donors (Lipinski definition) is 3. The summed E-state index contributed by atoms with van der Waals surface area (Å²) in [6, 6.07) is 2.70. The standard InChI is InChI=1S/C10H8NO9S3/c11-10-7-3-5(21(12,13)14)4-9(23(18,19)20)6(7)1-2-8(10)22(15,16)17/h1-4,11H,(H,12,13,14)(H,15,16,17)(H,18,19,20). The van der Waals surface area contributed by atoms with Crippen molar-refractivity contribution in [3.05, 3.63) is 24.3 Å². The van der Waals surface area contributed by atoms with Gasteiger partial charge in [0.15, 0.2) is 0 Å². The van der Waals surface area contributed by atoms with Gasteiger partial charge in [0, 0.05) is 10.8 Å². The Hall–Kier alpha value is -1.77. The van der Waals surface area contributed by atoms with E-state index < -0.39 is 56.1 Å². The maximum atomic E-state index is 11.4. The topological polar surface area (TPSA) is 187 Å². The molecule has 4 N–H and O–H groups in total. The second-order valence-electron chi connectivity index (χ2n) is 4.38. The molecule has 2 rings (SSSR count). The minimum absolute atomic E-state index is 0.364. The van der Waals surface area contributed by atoms with Gasteiger partial charge in [-0.1, -0.05) is 6.07 Å². The van der Waals surface area contributed by atoms with Crippen molar-refractivity contribution >= 4 is 46.8 Å². The Labute approximate surface area is 130 Å². The predicted octanol–water partition coefficient (Wildman–Crippen LogP) is 0.494. The van der Waals surface area contributed by atoms with Gasteiger partial charge in [-0.3, -0.25) is 19.4 Å². The molecule has 0 aliphatic carbocycles. The van der Waals surface area contributed by atoms with E-state index in [1.165, 1.54) is 0 Å². The zero-order valence-corrected chi connectivity index (χ0v) is 13.3. The minimum atomic E-state index is -4.95. The first-order valence-electron chi connectivity index (χ1n) is 5.48. The van der Waals surface area contributed by atoms with E-state index in [1.807, 2.05) is 0 Å². The Morgan fingerprint density at radius 2 is 1.22 bits per heavy atom. The van der Waals surface area contributed by atoms with E-state index in [0.717, 1.165) is 12.1 Å².